The van der Waals surface area contributed by atoms with Crippen LogP contribution in [0.25, 0.3) is 0 Å². The fourth-order valence-electron chi connectivity index (χ4n) is 1.03. The molecule has 4 nitrogen and oxygen atoms in total. The number of nitrogens with one attached hydrogen (secondary N) is 1. The third kappa shape index (κ3) is 3.24. The third-order valence-electron chi connectivity index (χ3n) is 1.81. The summed E-state index contributed by atoms with van der Waals surface area (Å²) in [6, 6.07) is 1.58. The Morgan fingerprint density at radius 1 is 1.62 bits per heavy atom. The van der Waals surface area contributed by atoms with Crippen LogP contribution in [0.4, 0.5) is 0 Å². The molecule has 16 heavy (non-hydrogen) atoms. The van der Waals surface area contributed by atoms with E-state index in [-0.39, 0.29) is 11.6 Å². The number of nitrogens with zero attached hydrogens (tertiary/aromatic N) is 1. The zero-order valence-electron chi connectivity index (χ0n) is 9.36. The quantitative estimate of drug-likeness (QED) is 0.789. The van der Waals surface area contributed by atoms with E-state index in [0.717, 1.165) is 0 Å². The number of carbonyl (C=O) groups is 1. The Kier molecular flexibility index (Phi) is 4.27. The Labute approximate surface area is 94.3 Å². The fourth-order valence-corrected chi connectivity index (χ4v) is 1.03. The molecule has 1 rings (SSSR count). The van der Waals surface area contributed by atoms with Gasteiger partial charge in [-0.1, -0.05) is 23.9 Å². The summed E-state index contributed by atoms with van der Waals surface area (Å²) < 4.78 is 4.81. The van der Waals surface area contributed by atoms with Crippen LogP contribution in [-0.4, -0.2) is 11.1 Å². The van der Waals surface area contributed by atoms with E-state index in [4.69, 9.17) is 4.52 Å². The van der Waals surface area contributed by atoms with Crippen molar-refractivity contribution in [3.8, 4) is 0 Å². The molecule has 0 atom stereocenters. The molecule has 0 unspecified atom stereocenters. The molecule has 84 valence electrons. The maximum absolute atomic E-state index is 11.6. The fraction of sp³-hybridized carbons (Fsp3) is 0.167. The van der Waals surface area contributed by atoms with Crippen molar-refractivity contribution in [1.82, 2.24) is 10.5 Å². The minimum absolute atomic E-state index is 0.255. The molecule has 4 heteroatoms. The zero-order chi connectivity index (χ0) is 12.0. The summed E-state index contributed by atoms with van der Waals surface area (Å²) in [5, 5.41) is 6.28. The molecule has 1 aromatic heterocycles. The highest BCUT2D eigenvalue weighted by Gasteiger charge is 2.10. The summed E-state index contributed by atoms with van der Waals surface area (Å²) in [6.07, 6.45) is 6.98. The molecule has 0 spiro atoms. The van der Waals surface area contributed by atoms with Crippen LogP contribution in [0.3, 0.4) is 0 Å². The molecule has 1 N–H and O–H groups in total. The van der Waals surface area contributed by atoms with Crippen LogP contribution in [-0.2, 0) is 0 Å². The summed E-state index contributed by atoms with van der Waals surface area (Å²) in [5.74, 6) is 0.287. The van der Waals surface area contributed by atoms with E-state index < -0.39 is 0 Å². The van der Waals surface area contributed by atoms with Crippen LogP contribution in [0.15, 0.2) is 47.2 Å². The summed E-state index contributed by atoms with van der Waals surface area (Å²) in [5.41, 5.74) is 0.870. The molecule has 0 aliphatic rings. The van der Waals surface area contributed by atoms with Gasteiger partial charge < -0.3 is 9.84 Å². The molecular weight excluding hydrogens is 204 g/mol. The highest BCUT2D eigenvalue weighted by Crippen LogP contribution is 2.02. The van der Waals surface area contributed by atoms with E-state index in [0.29, 0.717) is 11.5 Å². The van der Waals surface area contributed by atoms with Crippen LogP contribution in [0.1, 0.15) is 23.2 Å². The summed E-state index contributed by atoms with van der Waals surface area (Å²) in [6.45, 7) is 7.22. The van der Waals surface area contributed by atoms with Gasteiger partial charge in [0, 0.05) is 11.8 Å². The first-order valence-corrected chi connectivity index (χ1v) is 4.87. The lowest BCUT2D eigenvalue weighted by Crippen LogP contribution is -2.21. The zero-order valence-corrected chi connectivity index (χ0v) is 9.36. The molecule has 0 aromatic carbocycles. The number of hydrogen-bond donors (Lipinski definition) is 1. The second-order valence-corrected chi connectivity index (χ2v) is 3.13. The average molecular weight is 218 g/mol. The third-order valence-corrected chi connectivity index (χ3v) is 1.81. The van der Waals surface area contributed by atoms with Crippen LogP contribution < -0.4 is 5.32 Å². The molecular formula is C12H14N2O2. The van der Waals surface area contributed by atoms with E-state index in [9.17, 15) is 4.79 Å². The van der Waals surface area contributed by atoms with Gasteiger partial charge in [0.2, 0.25) is 0 Å². The van der Waals surface area contributed by atoms with Crippen molar-refractivity contribution in [1.29, 1.82) is 0 Å². The van der Waals surface area contributed by atoms with Crippen molar-refractivity contribution in [2.24, 2.45) is 0 Å². The predicted octanol–water partition coefficient (Wildman–Crippen LogP) is 2.36. The van der Waals surface area contributed by atoms with Crippen molar-refractivity contribution in [3.63, 3.8) is 0 Å². The minimum atomic E-state index is -0.312. The highest BCUT2D eigenvalue weighted by atomic mass is 16.5. The Morgan fingerprint density at radius 2 is 2.38 bits per heavy atom. The summed E-state index contributed by atoms with van der Waals surface area (Å²) >= 11 is 0. The van der Waals surface area contributed by atoms with Gasteiger partial charge in [-0.05, 0) is 26.0 Å². The maximum atomic E-state index is 11.6. The lowest BCUT2D eigenvalue weighted by Gasteiger charge is -2.01. The normalized spacial score (nSPS) is 11.8. The Morgan fingerprint density at radius 3 is 2.88 bits per heavy atom. The van der Waals surface area contributed by atoms with Crippen LogP contribution >= 0.6 is 0 Å². The second-order valence-electron chi connectivity index (χ2n) is 3.13. The molecule has 0 aliphatic heterocycles. The van der Waals surface area contributed by atoms with Gasteiger partial charge in [0.05, 0.1) is 0 Å². The van der Waals surface area contributed by atoms with Crippen molar-refractivity contribution >= 4 is 5.91 Å². The van der Waals surface area contributed by atoms with Gasteiger partial charge in [-0.15, -0.1) is 0 Å². The van der Waals surface area contributed by atoms with Crippen LogP contribution in [0, 0.1) is 6.92 Å². The smallest absolute Gasteiger partial charge is 0.277 e. The van der Waals surface area contributed by atoms with E-state index in [1.54, 1.807) is 25.1 Å². The number of aryl methyl sites for hydroxylation is 1. The average Bonchev–Trinajstić information content (AvgIpc) is 2.70. The molecule has 0 fully saturated rings. The Bertz CT molecular complexity index is 442. The van der Waals surface area contributed by atoms with E-state index in [2.05, 4.69) is 17.1 Å². The van der Waals surface area contributed by atoms with Crippen molar-refractivity contribution < 1.29 is 9.32 Å². The van der Waals surface area contributed by atoms with Gasteiger partial charge in [-0.2, -0.15) is 0 Å². The van der Waals surface area contributed by atoms with E-state index >= 15 is 0 Å². The van der Waals surface area contributed by atoms with Crippen molar-refractivity contribution in [2.45, 2.75) is 13.8 Å². The molecule has 0 aliphatic carbocycles. The molecule has 1 amide bonds. The number of amides is 1. The molecule has 0 saturated heterocycles. The monoisotopic (exact) mass is 218 g/mol. The summed E-state index contributed by atoms with van der Waals surface area (Å²) in [4.78, 5) is 11.6. The molecule has 0 radical (unpaired) electrons. The lowest BCUT2D eigenvalue weighted by atomic mass is 10.3. The number of rotatable bonds is 4. The molecule has 0 saturated carbocycles. The predicted molar refractivity (Wildman–Crippen MR) is 61.8 cm³/mol. The van der Waals surface area contributed by atoms with Gasteiger partial charge in [-0.3, -0.25) is 4.79 Å². The Balaban J connectivity index is 2.73. The minimum Gasteiger partial charge on any atom is -0.361 e. The number of carbonyl (C=O) groups excluding carboxylic acids is 1. The largest absolute Gasteiger partial charge is 0.361 e. The van der Waals surface area contributed by atoms with Gasteiger partial charge in [0.1, 0.15) is 5.76 Å². The highest BCUT2D eigenvalue weighted by molar-refractivity contribution is 5.93. The molecule has 1 aromatic rings. The number of aromatic nitrogens is 1. The van der Waals surface area contributed by atoms with E-state index in [1.807, 2.05) is 19.1 Å². The first-order valence-electron chi connectivity index (χ1n) is 4.87. The lowest BCUT2D eigenvalue weighted by molar-refractivity contribution is 0.0958. The molecule has 1 heterocycles. The van der Waals surface area contributed by atoms with E-state index in [1.165, 1.54) is 0 Å². The van der Waals surface area contributed by atoms with Gasteiger partial charge in [0.15, 0.2) is 5.69 Å². The van der Waals surface area contributed by atoms with Gasteiger partial charge in [0.25, 0.3) is 5.91 Å². The topological polar surface area (TPSA) is 55.1 Å². The second kappa shape index (κ2) is 5.70. The Hall–Kier alpha value is -2.10. The summed E-state index contributed by atoms with van der Waals surface area (Å²) in [7, 11) is 0. The van der Waals surface area contributed by atoms with Crippen molar-refractivity contribution in [2.75, 3.05) is 0 Å². The first kappa shape index (κ1) is 12.0. The van der Waals surface area contributed by atoms with Gasteiger partial charge in [-0.25, -0.2) is 0 Å². The first-order chi connectivity index (χ1) is 7.67. The standard InChI is InChI=1S/C12H14N2O2/c1-4-6-7-10(5-2)13-12(15)11-8-9(3)16-14-11/h4-8H,2H2,1,3H3,(H,13,15)/b6-4-,10-7+. The number of hydrogen-bond acceptors (Lipinski definition) is 3. The van der Waals surface area contributed by atoms with Crippen LogP contribution in [0.5, 0.6) is 0 Å². The SMILES string of the molecule is C=C/C(=C\C=C/C)NC(=O)c1cc(C)on1. The maximum Gasteiger partial charge on any atom is 0.277 e. The van der Waals surface area contributed by atoms with Crippen LogP contribution in [0.2, 0.25) is 0 Å². The van der Waals surface area contributed by atoms with Gasteiger partial charge >= 0.3 is 0 Å². The number of allylic oxidation sites excluding steroid dienone is 4. The molecule has 0 bridgehead atoms. The van der Waals surface area contributed by atoms with Crippen molar-refractivity contribution in [3.05, 3.63) is 54.1 Å².